The van der Waals surface area contributed by atoms with Crippen LogP contribution in [0.25, 0.3) is 10.9 Å². The molecule has 0 aliphatic carbocycles. The Kier molecular flexibility index (Phi) is 4.24. The van der Waals surface area contributed by atoms with E-state index in [4.69, 9.17) is 9.47 Å². The van der Waals surface area contributed by atoms with Crippen molar-refractivity contribution >= 4 is 16.8 Å². The van der Waals surface area contributed by atoms with E-state index < -0.39 is 0 Å². The Labute approximate surface area is 129 Å². The molecule has 1 aliphatic heterocycles. The van der Waals surface area contributed by atoms with Gasteiger partial charge in [0.05, 0.1) is 19.6 Å². The third kappa shape index (κ3) is 2.76. The van der Waals surface area contributed by atoms with E-state index in [0.29, 0.717) is 19.8 Å². The van der Waals surface area contributed by atoms with Crippen LogP contribution in [0.1, 0.15) is 12.0 Å². The van der Waals surface area contributed by atoms with E-state index in [0.717, 1.165) is 28.6 Å². The molecule has 1 saturated heterocycles. The van der Waals surface area contributed by atoms with Crippen molar-refractivity contribution in [3.8, 4) is 5.75 Å². The zero-order valence-corrected chi connectivity index (χ0v) is 12.9. The molecule has 5 nitrogen and oxygen atoms in total. The fourth-order valence-corrected chi connectivity index (χ4v) is 2.88. The molecule has 3 rings (SSSR count). The Hall–Kier alpha value is -2.14. The number of nitrogens with zero attached hydrogens (tertiary/aromatic N) is 2. The van der Waals surface area contributed by atoms with Crippen molar-refractivity contribution in [2.75, 3.05) is 27.4 Å². The van der Waals surface area contributed by atoms with Crippen LogP contribution in [0.5, 0.6) is 5.75 Å². The molecule has 1 aromatic carbocycles. The summed E-state index contributed by atoms with van der Waals surface area (Å²) in [6.45, 7) is 1.77. The van der Waals surface area contributed by atoms with Crippen molar-refractivity contribution in [2.24, 2.45) is 5.92 Å². The van der Waals surface area contributed by atoms with Crippen LogP contribution in [0.3, 0.4) is 0 Å². The van der Waals surface area contributed by atoms with Gasteiger partial charge in [-0.3, -0.25) is 9.78 Å². The normalized spacial score (nSPS) is 17.6. The first-order valence-corrected chi connectivity index (χ1v) is 7.44. The average Bonchev–Trinajstić information content (AvgIpc) is 3.09. The molecule has 1 amide bonds. The van der Waals surface area contributed by atoms with Crippen LogP contribution in [-0.2, 0) is 16.1 Å². The van der Waals surface area contributed by atoms with Crippen LogP contribution in [0.15, 0.2) is 30.5 Å². The first-order chi connectivity index (χ1) is 10.7. The van der Waals surface area contributed by atoms with Crippen molar-refractivity contribution in [1.82, 2.24) is 9.88 Å². The molecule has 0 spiro atoms. The number of methoxy groups -OCH3 is 1. The van der Waals surface area contributed by atoms with Crippen LogP contribution >= 0.6 is 0 Å². The molecule has 1 fully saturated rings. The molecule has 0 N–H and O–H groups in total. The third-order valence-electron chi connectivity index (χ3n) is 4.11. The van der Waals surface area contributed by atoms with Gasteiger partial charge in [-0.05, 0) is 24.1 Å². The lowest BCUT2D eigenvalue weighted by Gasteiger charge is -2.21. The molecule has 0 bridgehead atoms. The summed E-state index contributed by atoms with van der Waals surface area (Å²) in [4.78, 5) is 18.6. The highest BCUT2D eigenvalue weighted by Gasteiger charge is 2.26. The molecule has 2 heterocycles. The smallest absolute Gasteiger partial charge is 0.228 e. The van der Waals surface area contributed by atoms with E-state index in [1.54, 1.807) is 18.2 Å². The molecule has 0 radical (unpaired) electrons. The largest absolute Gasteiger partial charge is 0.494 e. The number of hydrogen-bond donors (Lipinski definition) is 0. The number of pyridine rings is 1. The van der Waals surface area contributed by atoms with E-state index in [1.807, 2.05) is 31.3 Å². The fourth-order valence-electron chi connectivity index (χ4n) is 2.88. The Balaban J connectivity index is 1.86. The van der Waals surface area contributed by atoms with Crippen LogP contribution in [-0.4, -0.2) is 43.2 Å². The Morgan fingerprint density at radius 1 is 1.45 bits per heavy atom. The quantitative estimate of drug-likeness (QED) is 0.869. The molecular weight excluding hydrogens is 280 g/mol. The number of fused-ring (bicyclic) bond motifs is 1. The Morgan fingerprint density at radius 3 is 3.05 bits per heavy atom. The minimum Gasteiger partial charge on any atom is -0.494 e. The van der Waals surface area contributed by atoms with Crippen LogP contribution in [0, 0.1) is 5.92 Å². The molecule has 1 aliphatic rings. The average molecular weight is 300 g/mol. The number of benzene rings is 1. The van der Waals surface area contributed by atoms with Crippen molar-refractivity contribution in [3.63, 3.8) is 0 Å². The maximum absolute atomic E-state index is 12.4. The SMILES string of the molecule is COc1ccc(CN(C)C(=O)C2CCOC2)c2cccnc12. The maximum atomic E-state index is 12.4. The zero-order valence-electron chi connectivity index (χ0n) is 12.9. The van der Waals surface area contributed by atoms with Gasteiger partial charge in [0.25, 0.3) is 0 Å². The van der Waals surface area contributed by atoms with E-state index in [9.17, 15) is 4.79 Å². The lowest BCUT2D eigenvalue weighted by molar-refractivity contribution is -0.134. The summed E-state index contributed by atoms with van der Waals surface area (Å²) in [6, 6.07) is 7.81. The molecular formula is C17H20N2O3. The van der Waals surface area contributed by atoms with Gasteiger partial charge in [-0.1, -0.05) is 12.1 Å². The number of ether oxygens (including phenoxy) is 2. The fraction of sp³-hybridized carbons (Fsp3) is 0.412. The number of aromatic nitrogens is 1. The molecule has 1 aromatic heterocycles. The molecule has 116 valence electrons. The van der Waals surface area contributed by atoms with Gasteiger partial charge in [0.1, 0.15) is 11.3 Å². The summed E-state index contributed by atoms with van der Waals surface area (Å²) in [7, 11) is 3.48. The first-order valence-electron chi connectivity index (χ1n) is 7.44. The van der Waals surface area contributed by atoms with Gasteiger partial charge in [-0.15, -0.1) is 0 Å². The minimum absolute atomic E-state index is 0.00682. The number of hydrogen-bond acceptors (Lipinski definition) is 4. The Morgan fingerprint density at radius 2 is 2.32 bits per heavy atom. The van der Waals surface area contributed by atoms with Crippen molar-refractivity contribution < 1.29 is 14.3 Å². The molecule has 1 atom stereocenters. The molecule has 2 aromatic rings. The summed E-state index contributed by atoms with van der Waals surface area (Å²) in [6.07, 6.45) is 2.56. The van der Waals surface area contributed by atoms with Crippen molar-refractivity contribution in [3.05, 3.63) is 36.0 Å². The van der Waals surface area contributed by atoms with Gasteiger partial charge in [-0.25, -0.2) is 0 Å². The highest BCUT2D eigenvalue weighted by atomic mass is 16.5. The van der Waals surface area contributed by atoms with Gasteiger partial charge in [0.2, 0.25) is 5.91 Å². The highest BCUT2D eigenvalue weighted by Crippen LogP contribution is 2.27. The number of carbonyl (C=O) groups is 1. The predicted octanol–water partition coefficient (Wildman–Crippen LogP) is 2.24. The first kappa shape index (κ1) is 14.8. The van der Waals surface area contributed by atoms with Gasteiger partial charge in [0, 0.05) is 31.8 Å². The van der Waals surface area contributed by atoms with Gasteiger partial charge in [-0.2, -0.15) is 0 Å². The molecule has 22 heavy (non-hydrogen) atoms. The lowest BCUT2D eigenvalue weighted by Crippen LogP contribution is -2.32. The second-order valence-electron chi connectivity index (χ2n) is 5.58. The summed E-state index contributed by atoms with van der Waals surface area (Å²) >= 11 is 0. The van der Waals surface area contributed by atoms with E-state index in [2.05, 4.69) is 4.98 Å². The molecule has 0 saturated carbocycles. The molecule has 5 heteroatoms. The van der Waals surface area contributed by atoms with Gasteiger partial charge >= 0.3 is 0 Å². The standard InChI is InChI=1S/C17H20N2O3/c1-19(17(20)13-7-9-22-11-13)10-12-5-6-15(21-2)16-14(12)4-3-8-18-16/h3-6,8,13H,7,9-11H2,1-2H3. The van der Waals surface area contributed by atoms with Gasteiger partial charge < -0.3 is 14.4 Å². The summed E-state index contributed by atoms with van der Waals surface area (Å²) in [5, 5.41) is 1.02. The van der Waals surface area contributed by atoms with Crippen molar-refractivity contribution in [1.29, 1.82) is 0 Å². The second kappa shape index (κ2) is 6.32. The zero-order chi connectivity index (χ0) is 15.5. The summed E-state index contributed by atoms with van der Waals surface area (Å²) < 4.78 is 10.7. The van der Waals surface area contributed by atoms with Crippen LogP contribution < -0.4 is 4.74 Å². The van der Waals surface area contributed by atoms with E-state index >= 15 is 0 Å². The summed E-state index contributed by atoms with van der Waals surface area (Å²) in [5.41, 5.74) is 1.89. The minimum atomic E-state index is -0.00682. The van der Waals surface area contributed by atoms with Gasteiger partial charge in [0.15, 0.2) is 0 Å². The number of amides is 1. The van der Waals surface area contributed by atoms with Crippen LogP contribution in [0.4, 0.5) is 0 Å². The van der Waals surface area contributed by atoms with Crippen molar-refractivity contribution in [2.45, 2.75) is 13.0 Å². The lowest BCUT2D eigenvalue weighted by atomic mass is 10.0. The second-order valence-corrected chi connectivity index (χ2v) is 5.58. The Bertz CT molecular complexity index is 681. The maximum Gasteiger partial charge on any atom is 0.228 e. The van der Waals surface area contributed by atoms with E-state index in [-0.39, 0.29) is 11.8 Å². The topological polar surface area (TPSA) is 51.7 Å². The third-order valence-corrected chi connectivity index (χ3v) is 4.11. The highest BCUT2D eigenvalue weighted by molar-refractivity contribution is 5.88. The van der Waals surface area contributed by atoms with Crippen LogP contribution in [0.2, 0.25) is 0 Å². The summed E-state index contributed by atoms with van der Waals surface area (Å²) in [5.74, 6) is 0.885. The molecule has 1 unspecified atom stereocenters. The monoisotopic (exact) mass is 300 g/mol. The number of carbonyl (C=O) groups excluding carboxylic acids is 1. The predicted molar refractivity (Wildman–Crippen MR) is 83.7 cm³/mol. The number of rotatable bonds is 4. The van der Waals surface area contributed by atoms with E-state index in [1.165, 1.54) is 0 Å².